The van der Waals surface area contributed by atoms with Gasteiger partial charge in [-0.3, -0.25) is 9.13 Å². The first-order valence-electron chi connectivity index (χ1n) is 9.82. The number of fused-ring (bicyclic) bond motifs is 1. The molecule has 3 aromatic rings. The zero-order chi connectivity index (χ0) is 20.0. The average molecular weight is 399 g/mol. The van der Waals surface area contributed by atoms with E-state index in [4.69, 9.17) is 11.6 Å². The van der Waals surface area contributed by atoms with Crippen LogP contribution in [0.5, 0.6) is 0 Å². The largest absolute Gasteiger partial charge is 0.370 e. The van der Waals surface area contributed by atoms with Crippen LogP contribution in [-0.2, 0) is 14.1 Å². The number of hydrogen-bond donors (Lipinski definition) is 1. The monoisotopic (exact) mass is 398 g/mol. The first kappa shape index (κ1) is 18.9. The molecule has 1 fully saturated rings. The lowest BCUT2D eigenvalue weighted by atomic mass is 9.98. The highest BCUT2D eigenvalue weighted by Crippen LogP contribution is 2.35. The Kier molecular flexibility index (Phi) is 4.88. The van der Waals surface area contributed by atoms with E-state index in [1.165, 1.54) is 12.8 Å². The lowest BCUT2D eigenvalue weighted by Gasteiger charge is -2.33. The Bertz CT molecular complexity index is 1090. The van der Waals surface area contributed by atoms with Crippen LogP contribution < -0.4 is 15.9 Å². The molecule has 0 radical (unpaired) electrons. The standard InChI is InChI=1S/C22H27ClN4O/c1-14-7-9-27(10-8-14)20-11-15(2)18(13-17(20)23)24-16-5-6-19-21(12-16)26(4)22(28)25(19)3/h5-6,11-14,24H,7-10H2,1-4H3. The van der Waals surface area contributed by atoms with Gasteiger partial charge < -0.3 is 10.2 Å². The number of imidazole rings is 1. The van der Waals surface area contributed by atoms with Crippen molar-refractivity contribution < 1.29 is 0 Å². The predicted molar refractivity (Wildman–Crippen MR) is 118 cm³/mol. The van der Waals surface area contributed by atoms with Crippen LogP contribution in [0, 0.1) is 12.8 Å². The van der Waals surface area contributed by atoms with Crippen molar-refractivity contribution in [3.63, 3.8) is 0 Å². The summed E-state index contributed by atoms with van der Waals surface area (Å²) in [5.74, 6) is 0.793. The van der Waals surface area contributed by atoms with Gasteiger partial charge in [-0.15, -0.1) is 0 Å². The zero-order valence-electron chi connectivity index (χ0n) is 16.9. The number of rotatable bonds is 3. The summed E-state index contributed by atoms with van der Waals surface area (Å²) in [6.07, 6.45) is 2.43. The van der Waals surface area contributed by atoms with Gasteiger partial charge >= 0.3 is 5.69 Å². The van der Waals surface area contributed by atoms with Crippen LogP contribution in [0.25, 0.3) is 11.0 Å². The van der Waals surface area contributed by atoms with Gasteiger partial charge in [0.25, 0.3) is 0 Å². The fourth-order valence-electron chi connectivity index (χ4n) is 4.03. The van der Waals surface area contributed by atoms with E-state index < -0.39 is 0 Å². The fraction of sp³-hybridized carbons (Fsp3) is 0.409. The first-order valence-corrected chi connectivity index (χ1v) is 10.2. The molecule has 0 amide bonds. The highest BCUT2D eigenvalue weighted by atomic mass is 35.5. The number of piperidine rings is 1. The van der Waals surface area contributed by atoms with E-state index in [0.717, 1.165) is 57.7 Å². The molecule has 2 heterocycles. The quantitative estimate of drug-likeness (QED) is 0.687. The number of nitrogens with one attached hydrogen (secondary N) is 1. The Morgan fingerprint density at radius 3 is 2.43 bits per heavy atom. The molecule has 4 rings (SSSR count). The van der Waals surface area contributed by atoms with Crippen molar-refractivity contribution in [2.45, 2.75) is 26.7 Å². The van der Waals surface area contributed by atoms with E-state index in [0.29, 0.717) is 0 Å². The summed E-state index contributed by atoms with van der Waals surface area (Å²) in [6, 6.07) is 10.2. The summed E-state index contributed by atoms with van der Waals surface area (Å²) >= 11 is 6.65. The van der Waals surface area contributed by atoms with Crippen molar-refractivity contribution in [3.05, 3.63) is 51.4 Å². The van der Waals surface area contributed by atoms with Gasteiger partial charge in [0.1, 0.15) is 0 Å². The molecule has 0 atom stereocenters. The molecule has 0 spiro atoms. The van der Waals surface area contributed by atoms with Crippen molar-refractivity contribution in [1.82, 2.24) is 9.13 Å². The van der Waals surface area contributed by atoms with Gasteiger partial charge in [-0.2, -0.15) is 0 Å². The highest BCUT2D eigenvalue weighted by molar-refractivity contribution is 6.33. The molecule has 1 saturated heterocycles. The van der Waals surface area contributed by atoms with Crippen LogP contribution in [0.1, 0.15) is 25.3 Å². The summed E-state index contributed by atoms with van der Waals surface area (Å²) in [5, 5.41) is 4.24. The zero-order valence-corrected chi connectivity index (χ0v) is 17.7. The minimum atomic E-state index is -0.0217. The van der Waals surface area contributed by atoms with E-state index in [-0.39, 0.29) is 5.69 Å². The number of aromatic nitrogens is 2. The molecule has 2 aromatic carbocycles. The Hall–Kier alpha value is -2.40. The van der Waals surface area contributed by atoms with Crippen molar-refractivity contribution in [2.24, 2.45) is 20.0 Å². The number of hydrogen-bond acceptors (Lipinski definition) is 3. The Morgan fingerprint density at radius 1 is 1.04 bits per heavy atom. The molecule has 148 valence electrons. The van der Waals surface area contributed by atoms with E-state index in [1.807, 2.05) is 24.3 Å². The third-order valence-corrected chi connectivity index (χ3v) is 6.27. The molecular weight excluding hydrogens is 372 g/mol. The normalized spacial score (nSPS) is 15.4. The summed E-state index contributed by atoms with van der Waals surface area (Å²) in [6.45, 7) is 6.54. The molecule has 28 heavy (non-hydrogen) atoms. The van der Waals surface area contributed by atoms with Gasteiger partial charge in [0.2, 0.25) is 0 Å². The molecule has 1 aliphatic heterocycles. The minimum absolute atomic E-state index is 0.0217. The number of anilines is 3. The van der Waals surface area contributed by atoms with Gasteiger partial charge in [0.05, 0.1) is 21.7 Å². The lowest BCUT2D eigenvalue weighted by Crippen LogP contribution is -2.33. The molecule has 0 unspecified atom stereocenters. The first-order chi connectivity index (χ1) is 13.3. The van der Waals surface area contributed by atoms with Crippen LogP contribution in [0.4, 0.5) is 17.1 Å². The van der Waals surface area contributed by atoms with Gasteiger partial charge in [0.15, 0.2) is 0 Å². The van der Waals surface area contributed by atoms with Gasteiger partial charge in [-0.25, -0.2) is 4.79 Å². The molecule has 5 nitrogen and oxygen atoms in total. The molecular formula is C22H27ClN4O. The van der Waals surface area contributed by atoms with Crippen molar-refractivity contribution in [1.29, 1.82) is 0 Å². The third-order valence-electron chi connectivity index (χ3n) is 5.97. The van der Waals surface area contributed by atoms with Crippen molar-refractivity contribution >= 4 is 39.7 Å². The highest BCUT2D eigenvalue weighted by Gasteiger charge is 2.19. The molecule has 6 heteroatoms. The maximum absolute atomic E-state index is 12.1. The molecule has 0 saturated carbocycles. The Labute approximate surface area is 170 Å². The number of halogens is 1. The summed E-state index contributed by atoms with van der Waals surface area (Å²) in [5.41, 5.74) is 6.00. The van der Waals surface area contributed by atoms with E-state index in [9.17, 15) is 4.79 Å². The van der Waals surface area contributed by atoms with Crippen molar-refractivity contribution in [3.8, 4) is 0 Å². The fourth-order valence-corrected chi connectivity index (χ4v) is 4.32. The number of nitrogens with zero attached hydrogens (tertiary/aromatic N) is 3. The van der Waals surface area contributed by atoms with Gasteiger partial charge in [0, 0.05) is 38.6 Å². The summed E-state index contributed by atoms with van der Waals surface area (Å²) < 4.78 is 3.33. The van der Waals surface area contributed by atoms with E-state index >= 15 is 0 Å². The van der Waals surface area contributed by atoms with Crippen molar-refractivity contribution in [2.75, 3.05) is 23.3 Å². The second-order valence-corrected chi connectivity index (χ2v) is 8.42. The maximum atomic E-state index is 12.1. The van der Waals surface area contributed by atoms with Crippen LogP contribution in [0.3, 0.4) is 0 Å². The average Bonchev–Trinajstić information content (AvgIpc) is 2.89. The Balaban J connectivity index is 1.63. The smallest absolute Gasteiger partial charge is 0.328 e. The van der Waals surface area contributed by atoms with Gasteiger partial charge in [-0.1, -0.05) is 18.5 Å². The topological polar surface area (TPSA) is 42.2 Å². The van der Waals surface area contributed by atoms with Gasteiger partial charge in [-0.05, 0) is 61.6 Å². The molecule has 0 aliphatic carbocycles. The Morgan fingerprint density at radius 2 is 1.71 bits per heavy atom. The third kappa shape index (κ3) is 3.28. The minimum Gasteiger partial charge on any atom is -0.370 e. The summed E-state index contributed by atoms with van der Waals surface area (Å²) in [4.78, 5) is 14.5. The molecule has 1 aromatic heterocycles. The van der Waals surface area contributed by atoms with E-state index in [2.05, 4.69) is 30.1 Å². The SMILES string of the molecule is Cc1cc(N2CCC(C)CC2)c(Cl)cc1Nc1ccc2c(c1)n(C)c(=O)n2C. The summed E-state index contributed by atoms with van der Waals surface area (Å²) in [7, 11) is 3.59. The second kappa shape index (κ2) is 7.21. The lowest BCUT2D eigenvalue weighted by molar-refractivity contribution is 0.438. The van der Waals surface area contributed by atoms with E-state index in [1.54, 1.807) is 23.2 Å². The van der Waals surface area contributed by atoms with Crippen LogP contribution in [0.2, 0.25) is 5.02 Å². The van der Waals surface area contributed by atoms with Crippen LogP contribution >= 0.6 is 11.6 Å². The number of aryl methyl sites for hydroxylation is 3. The maximum Gasteiger partial charge on any atom is 0.328 e. The van der Waals surface area contributed by atoms with Crippen LogP contribution in [0.15, 0.2) is 35.1 Å². The molecule has 0 bridgehead atoms. The molecule has 1 N–H and O–H groups in total. The molecule has 1 aliphatic rings. The second-order valence-electron chi connectivity index (χ2n) is 8.02. The predicted octanol–water partition coefficient (Wildman–Crippen LogP) is 4.82. The number of benzene rings is 2. The van der Waals surface area contributed by atoms with Crippen LogP contribution in [-0.4, -0.2) is 22.2 Å².